The highest BCUT2D eigenvalue weighted by Gasteiger charge is 2.36. The van der Waals surface area contributed by atoms with Gasteiger partial charge in [-0.2, -0.15) is 13.2 Å². The minimum atomic E-state index is -4.41. The van der Waals surface area contributed by atoms with E-state index in [0.29, 0.717) is 11.3 Å². The first-order valence-electron chi connectivity index (χ1n) is 6.63. The molecule has 2 aromatic rings. The standard InChI is InChI=1S/C12H10ClF3N2.C2H6/c1-6-10(13)18-5-8(7-2-3-7)4-9(11(18)17-6)12(14,15)16;1-2/h4-5,7H,2-3H2,1H3;1-2H3. The van der Waals surface area contributed by atoms with Gasteiger partial charge in [-0.15, -0.1) is 0 Å². The molecule has 2 heterocycles. The molecule has 2 nitrogen and oxygen atoms in total. The number of alkyl halides is 3. The highest BCUT2D eigenvalue weighted by Crippen LogP contribution is 2.43. The van der Waals surface area contributed by atoms with E-state index in [9.17, 15) is 13.2 Å². The maximum atomic E-state index is 13.0. The largest absolute Gasteiger partial charge is 0.419 e. The van der Waals surface area contributed by atoms with Gasteiger partial charge in [0, 0.05) is 6.20 Å². The average Bonchev–Trinajstić information content (AvgIpc) is 3.19. The van der Waals surface area contributed by atoms with E-state index >= 15 is 0 Å². The van der Waals surface area contributed by atoms with Gasteiger partial charge in [0.2, 0.25) is 0 Å². The van der Waals surface area contributed by atoms with Crippen LogP contribution in [0.3, 0.4) is 0 Å². The number of halogens is 4. The van der Waals surface area contributed by atoms with Gasteiger partial charge >= 0.3 is 6.18 Å². The van der Waals surface area contributed by atoms with Gasteiger partial charge in [0.1, 0.15) is 5.15 Å². The Morgan fingerprint density at radius 2 is 1.90 bits per heavy atom. The molecule has 1 aliphatic carbocycles. The fourth-order valence-corrected chi connectivity index (χ4v) is 2.27. The van der Waals surface area contributed by atoms with Crippen LogP contribution in [-0.4, -0.2) is 9.38 Å². The molecule has 0 atom stereocenters. The van der Waals surface area contributed by atoms with Crippen LogP contribution < -0.4 is 0 Å². The van der Waals surface area contributed by atoms with Gasteiger partial charge in [0.15, 0.2) is 5.65 Å². The summed E-state index contributed by atoms with van der Waals surface area (Å²) in [7, 11) is 0. The van der Waals surface area contributed by atoms with Crippen molar-refractivity contribution < 1.29 is 13.2 Å². The number of hydrogen-bond acceptors (Lipinski definition) is 1. The molecule has 1 aliphatic rings. The molecule has 2 aromatic heterocycles. The molecule has 0 spiro atoms. The second-order valence-corrected chi connectivity index (χ2v) is 5.00. The topological polar surface area (TPSA) is 17.3 Å². The minimum absolute atomic E-state index is 0.116. The van der Waals surface area contributed by atoms with Gasteiger partial charge in [0.25, 0.3) is 0 Å². The van der Waals surface area contributed by atoms with Crippen molar-refractivity contribution in [2.24, 2.45) is 0 Å². The van der Waals surface area contributed by atoms with E-state index in [0.717, 1.165) is 12.8 Å². The maximum absolute atomic E-state index is 13.0. The number of rotatable bonds is 1. The molecule has 0 radical (unpaired) electrons. The smallest absolute Gasteiger partial charge is 0.290 e. The fourth-order valence-electron chi connectivity index (χ4n) is 2.10. The summed E-state index contributed by atoms with van der Waals surface area (Å²) in [5.74, 6) is 0.231. The zero-order chi connectivity index (χ0) is 15.1. The second kappa shape index (κ2) is 5.28. The first-order chi connectivity index (χ1) is 9.38. The van der Waals surface area contributed by atoms with E-state index in [-0.39, 0.29) is 16.7 Å². The van der Waals surface area contributed by atoms with Crippen LogP contribution in [0, 0.1) is 6.92 Å². The van der Waals surface area contributed by atoms with Gasteiger partial charge in [-0.3, -0.25) is 4.40 Å². The van der Waals surface area contributed by atoms with Crippen molar-refractivity contribution >= 4 is 17.2 Å². The first-order valence-corrected chi connectivity index (χ1v) is 7.01. The average molecular weight is 305 g/mol. The van der Waals surface area contributed by atoms with Gasteiger partial charge in [0.05, 0.1) is 11.3 Å². The van der Waals surface area contributed by atoms with Gasteiger partial charge in [-0.1, -0.05) is 25.4 Å². The molecule has 0 N–H and O–H groups in total. The molecule has 0 aliphatic heterocycles. The van der Waals surface area contributed by atoms with E-state index in [2.05, 4.69) is 4.98 Å². The lowest BCUT2D eigenvalue weighted by atomic mass is 10.1. The third-order valence-electron chi connectivity index (χ3n) is 3.20. The van der Waals surface area contributed by atoms with E-state index in [1.165, 1.54) is 10.5 Å². The molecule has 0 unspecified atom stereocenters. The number of hydrogen-bond donors (Lipinski definition) is 0. The Morgan fingerprint density at radius 3 is 2.40 bits per heavy atom. The number of aryl methyl sites for hydroxylation is 1. The van der Waals surface area contributed by atoms with Crippen molar-refractivity contribution in [2.45, 2.75) is 45.7 Å². The molecular weight excluding hydrogens is 289 g/mol. The number of aromatic nitrogens is 2. The summed E-state index contributed by atoms with van der Waals surface area (Å²) in [5.41, 5.74) is 0.278. The van der Waals surface area contributed by atoms with Crippen molar-refractivity contribution in [3.05, 3.63) is 34.2 Å². The van der Waals surface area contributed by atoms with Crippen molar-refractivity contribution in [1.82, 2.24) is 9.38 Å². The lowest BCUT2D eigenvalue weighted by Crippen LogP contribution is -2.09. The Kier molecular flexibility index (Phi) is 4.00. The quantitative estimate of drug-likeness (QED) is 0.706. The Morgan fingerprint density at radius 1 is 1.30 bits per heavy atom. The summed E-state index contributed by atoms with van der Waals surface area (Å²) in [5, 5.41) is 0.248. The van der Waals surface area contributed by atoms with Crippen LogP contribution in [0.2, 0.25) is 5.15 Å². The fraction of sp³-hybridized carbons (Fsp3) is 0.500. The van der Waals surface area contributed by atoms with Crippen LogP contribution in [0.25, 0.3) is 5.65 Å². The summed E-state index contributed by atoms with van der Waals surface area (Å²) >= 11 is 5.99. The third kappa shape index (κ3) is 2.64. The van der Waals surface area contributed by atoms with E-state index in [1.807, 2.05) is 13.8 Å². The predicted octanol–water partition coefficient (Wildman–Crippen LogP) is 5.22. The molecule has 1 saturated carbocycles. The van der Waals surface area contributed by atoms with E-state index in [1.54, 1.807) is 13.1 Å². The summed E-state index contributed by atoms with van der Waals surface area (Å²) < 4.78 is 40.4. The van der Waals surface area contributed by atoms with Crippen LogP contribution in [0.1, 0.15) is 49.4 Å². The molecule has 20 heavy (non-hydrogen) atoms. The predicted molar refractivity (Wildman–Crippen MR) is 73.3 cm³/mol. The minimum Gasteiger partial charge on any atom is -0.290 e. The number of fused-ring (bicyclic) bond motifs is 1. The zero-order valence-electron chi connectivity index (χ0n) is 11.6. The van der Waals surface area contributed by atoms with Crippen molar-refractivity contribution in [1.29, 1.82) is 0 Å². The highest BCUT2D eigenvalue weighted by molar-refractivity contribution is 6.30. The van der Waals surface area contributed by atoms with Crippen LogP contribution >= 0.6 is 11.6 Å². The van der Waals surface area contributed by atoms with Crippen LogP contribution in [0.4, 0.5) is 13.2 Å². The van der Waals surface area contributed by atoms with Crippen LogP contribution in [0.15, 0.2) is 12.3 Å². The molecule has 0 amide bonds. The Bertz CT molecular complexity index is 627. The molecule has 0 saturated heterocycles. The maximum Gasteiger partial charge on any atom is 0.419 e. The van der Waals surface area contributed by atoms with Gasteiger partial charge < -0.3 is 0 Å². The summed E-state index contributed by atoms with van der Waals surface area (Å²) in [4.78, 5) is 3.91. The van der Waals surface area contributed by atoms with Crippen LogP contribution in [0.5, 0.6) is 0 Å². The molecule has 6 heteroatoms. The molecular formula is C14H16ClF3N2. The van der Waals surface area contributed by atoms with E-state index < -0.39 is 11.7 Å². The lowest BCUT2D eigenvalue weighted by Gasteiger charge is -2.10. The van der Waals surface area contributed by atoms with Crippen molar-refractivity contribution in [3.8, 4) is 0 Å². The molecule has 0 aromatic carbocycles. The van der Waals surface area contributed by atoms with Crippen molar-refractivity contribution in [2.75, 3.05) is 0 Å². The molecule has 0 bridgehead atoms. The Balaban J connectivity index is 0.000000704. The zero-order valence-corrected chi connectivity index (χ0v) is 12.3. The molecule has 110 valence electrons. The normalized spacial score (nSPS) is 15.2. The monoisotopic (exact) mass is 304 g/mol. The number of imidazole rings is 1. The summed E-state index contributed by atoms with van der Waals surface area (Å²) in [6.07, 6.45) is -0.861. The number of pyridine rings is 1. The summed E-state index contributed by atoms with van der Waals surface area (Å²) in [6.45, 7) is 5.60. The Hall–Kier alpha value is -1.23. The Labute approximate surface area is 120 Å². The van der Waals surface area contributed by atoms with E-state index in [4.69, 9.17) is 11.6 Å². The van der Waals surface area contributed by atoms with Crippen LogP contribution in [-0.2, 0) is 6.18 Å². The van der Waals surface area contributed by atoms with Crippen molar-refractivity contribution in [3.63, 3.8) is 0 Å². The first kappa shape index (κ1) is 15.2. The lowest BCUT2D eigenvalue weighted by molar-refractivity contribution is -0.136. The van der Waals surface area contributed by atoms with Gasteiger partial charge in [-0.25, -0.2) is 4.98 Å². The number of nitrogens with zero attached hydrogens (tertiary/aromatic N) is 2. The summed E-state index contributed by atoms with van der Waals surface area (Å²) in [6, 6.07) is 1.20. The second-order valence-electron chi connectivity index (χ2n) is 4.64. The SMILES string of the molecule is CC.Cc1nc2c(C(F)(F)F)cc(C3CC3)cn2c1Cl. The third-order valence-corrected chi connectivity index (χ3v) is 3.65. The molecule has 1 fully saturated rings. The highest BCUT2D eigenvalue weighted by atomic mass is 35.5. The van der Waals surface area contributed by atoms with Gasteiger partial charge in [-0.05, 0) is 37.3 Å². The molecule has 3 rings (SSSR count).